The predicted octanol–water partition coefficient (Wildman–Crippen LogP) is 2.80. The van der Waals surface area contributed by atoms with Gasteiger partial charge in [-0.15, -0.1) is 11.6 Å². The van der Waals surface area contributed by atoms with E-state index < -0.39 is 16.5 Å². The van der Waals surface area contributed by atoms with Gasteiger partial charge in [-0.1, -0.05) is 46.9 Å². The van der Waals surface area contributed by atoms with Crippen LogP contribution in [0, 0.1) is 0 Å². The summed E-state index contributed by atoms with van der Waals surface area (Å²) >= 11 is 22.6. The van der Waals surface area contributed by atoms with E-state index in [9.17, 15) is 9.90 Å². The zero-order chi connectivity index (χ0) is 13.1. The molecule has 2 N–H and O–H groups in total. The number of hydrogen-bond donors (Lipinski definition) is 2. The number of aliphatic hydroxyl groups excluding tert-OH is 1. The van der Waals surface area contributed by atoms with Crippen LogP contribution < -0.4 is 5.32 Å². The number of carbonyl (C=O) groups excluding carboxylic acids is 1. The van der Waals surface area contributed by atoms with Crippen LogP contribution in [0.2, 0.25) is 5.02 Å². The van der Waals surface area contributed by atoms with Crippen LogP contribution in [0.5, 0.6) is 0 Å². The first kappa shape index (κ1) is 14.9. The quantitative estimate of drug-likeness (QED) is 0.663. The lowest BCUT2D eigenvalue weighted by molar-refractivity contribution is 0.0759. The molecule has 0 fully saturated rings. The van der Waals surface area contributed by atoms with E-state index in [0.29, 0.717) is 0 Å². The molecule has 3 nitrogen and oxygen atoms in total. The Balaban J connectivity index is 2.77. The molecule has 1 aromatic rings. The van der Waals surface area contributed by atoms with Gasteiger partial charge in [-0.25, -0.2) is 0 Å². The number of alkyl halides is 3. The lowest BCUT2D eigenvalue weighted by Gasteiger charge is -2.24. The Morgan fingerprint density at radius 1 is 1.41 bits per heavy atom. The Hall–Kier alpha value is -0.190. The molecule has 0 bridgehead atoms. The van der Waals surface area contributed by atoms with Crippen LogP contribution in [0.4, 0.5) is 0 Å². The molecule has 0 saturated carbocycles. The first-order valence-electron chi connectivity index (χ1n) is 4.55. The van der Waals surface area contributed by atoms with Crippen molar-refractivity contribution in [1.82, 2.24) is 5.32 Å². The molecule has 0 spiro atoms. The first-order valence-corrected chi connectivity index (χ1v) is 6.22. The highest BCUT2D eigenvalue weighted by atomic mass is 35.5. The fourth-order valence-corrected chi connectivity index (χ4v) is 1.50. The number of amides is 1. The van der Waals surface area contributed by atoms with Crippen LogP contribution in [0.1, 0.15) is 10.4 Å². The minimum absolute atomic E-state index is 0.215. The molecular formula is C10H9Cl4NO2. The van der Waals surface area contributed by atoms with E-state index in [1.54, 1.807) is 18.2 Å². The molecule has 1 aromatic carbocycles. The average molecular weight is 317 g/mol. The van der Waals surface area contributed by atoms with Crippen molar-refractivity contribution in [2.45, 2.75) is 10.6 Å². The van der Waals surface area contributed by atoms with Crippen molar-refractivity contribution < 1.29 is 9.90 Å². The SMILES string of the molecule is O=C(NC(O)C(Cl)(Cl)CCl)c1ccccc1Cl. The van der Waals surface area contributed by atoms with Crippen molar-refractivity contribution in [2.75, 3.05) is 5.88 Å². The lowest BCUT2D eigenvalue weighted by Crippen LogP contribution is -2.47. The van der Waals surface area contributed by atoms with Crippen LogP contribution in [-0.4, -0.2) is 27.5 Å². The summed E-state index contributed by atoms with van der Waals surface area (Å²) in [5, 5.41) is 12.1. The van der Waals surface area contributed by atoms with Crippen molar-refractivity contribution in [1.29, 1.82) is 0 Å². The second kappa shape index (κ2) is 6.12. The van der Waals surface area contributed by atoms with Gasteiger partial charge in [0.2, 0.25) is 0 Å². The van der Waals surface area contributed by atoms with Crippen molar-refractivity contribution >= 4 is 52.3 Å². The van der Waals surface area contributed by atoms with Gasteiger partial charge < -0.3 is 10.4 Å². The molecule has 7 heteroatoms. The summed E-state index contributed by atoms with van der Waals surface area (Å²) in [6.07, 6.45) is -1.49. The second-order valence-electron chi connectivity index (χ2n) is 3.25. The fourth-order valence-electron chi connectivity index (χ4n) is 1.03. The number of benzene rings is 1. The molecule has 94 valence electrons. The summed E-state index contributed by atoms with van der Waals surface area (Å²) in [7, 11) is 0. The van der Waals surface area contributed by atoms with Crippen molar-refractivity contribution in [3.8, 4) is 0 Å². The lowest BCUT2D eigenvalue weighted by atomic mass is 10.2. The number of nitrogens with one attached hydrogen (secondary N) is 1. The molecule has 1 amide bonds. The van der Waals surface area contributed by atoms with E-state index in [2.05, 4.69) is 5.32 Å². The molecule has 0 aromatic heterocycles. The third kappa shape index (κ3) is 3.90. The molecule has 0 saturated heterocycles. The Kier molecular flexibility index (Phi) is 5.35. The van der Waals surface area contributed by atoms with E-state index in [1.165, 1.54) is 6.07 Å². The largest absolute Gasteiger partial charge is 0.370 e. The molecule has 0 heterocycles. The van der Waals surface area contributed by atoms with Crippen molar-refractivity contribution in [2.24, 2.45) is 0 Å². The van der Waals surface area contributed by atoms with Gasteiger partial charge >= 0.3 is 0 Å². The second-order valence-corrected chi connectivity index (χ2v) is 5.47. The molecule has 1 rings (SSSR count). The highest BCUT2D eigenvalue weighted by Crippen LogP contribution is 2.26. The highest BCUT2D eigenvalue weighted by Gasteiger charge is 2.34. The van der Waals surface area contributed by atoms with Gasteiger partial charge in [-0.3, -0.25) is 4.79 Å². The number of rotatable bonds is 4. The fraction of sp³-hybridized carbons (Fsp3) is 0.300. The van der Waals surface area contributed by atoms with Gasteiger partial charge in [0.25, 0.3) is 5.91 Å². The molecule has 0 radical (unpaired) electrons. The Labute approximate surface area is 119 Å². The van der Waals surface area contributed by atoms with Crippen LogP contribution >= 0.6 is 46.4 Å². The molecule has 17 heavy (non-hydrogen) atoms. The molecule has 0 aliphatic heterocycles. The van der Waals surface area contributed by atoms with Gasteiger partial charge in [-0.05, 0) is 12.1 Å². The number of carbonyl (C=O) groups is 1. The van der Waals surface area contributed by atoms with Gasteiger partial charge in [0.05, 0.1) is 16.5 Å². The van der Waals surface area contributed by atoms with E-state index in [-0.39, 0.29) is 16.5 Å². The molecule has 1 unspecified atom stereocenters. The molecular weight excluding hydrogens is 308 g/mol. The number of hydrogen-bond acceptors (Lipinski definition) is 2. The smallest absolute Gasteiger partial charge is 0.254 e. The maximum atomic E-state index is 11.7. The Morgan fingerprint density at radius 3 is 2.53 bits per heavy atom. The van der Waals surface area contributed by atoms with Gasteiger partial charge in [0.1, 0.15) is 0 Å². The summed E-state index contributed by atoms with van der Waals surface area (Å²) in [6.45, 7) is 0. The number of halogens is 4. The van der Waals surface area contributed by atoms with E-state index in [0.717, 1.165) is 0 Å². The van der Waals surface area contributed by atoms with Crippen LogP contribution in [0.25, 0.3) is 0 Å². The van der Waals surface area contributed by atoms with Crippen molar-refractivity contribution in [3.63, 3.8) is 0 Å². The molecule has 0 aliphatic rings. The topological polar surface area (TPSA) is 49.3 Å². The maximum absolute atomic E-state index is 11.7. The standard InChI is InChI=1S/C10H9Cl4NO2/c11-5-10(13,14)9(17)15-8(16)6-3-1-2-4-7(6)12/h1-4,9,17H,5H2,(H,15,16). The maximum Gasteiger partial charge on any atom is 0.254 e. The van der Waals surface area contributed by atoms with Gasteiger partial charge in [-0.2, -0.15) is 0 Å². The molecule has 1 atom stereocenters. The minimum Gasteiger partial charge on any atom is -0.370 e. The highest BCUT2D eigenvalue weighted by molar-refractivity contribution is 6.52. The number of aliphatic hydroxyl groups is 1. The minimum atomic E-state index is -1.65. The van der Waals surface area contributed by atoms with Crippen molar-refractivity contribution in [3.05, 3.63) is 34.9 Å². The molecule has 0 aliphatic carbocycles. The predicted molar refractivity (Wildman–Crippen MR) is 70.1 cm³/mol. The summed E-state index contributed by atoms with van der Waals surface area (Å²) in [5.74, 6) is -0.820. The van der Waals surface area contributed by atoms with Gasteiger partial charge in [0, 0.05) is 0 Å². The van der Waals surface area contributed by atoms with E-state index in [4.69, 9.17) is 46.4 Å². The average Bonchev–Trinajstić information content (AvgIpc) is 2.29. The van der Waals surface area contributed by atoms with E-state index in [1.807, 2.05) is 0 Å². The monoisotopic (exact) mass is 315 g/mol. The van der Waals surface area contributed by atoms with Gasteiger partial charge in [0.15, 0.2) is 10.6 Å². The third-order valence-electron chi connectivity index (χ3n) is 1.96. The summed E-state index contributed by atoms with van der Waals surface area (Å²) in [5.41, 5.74) is 0.215. The zero-order valence-electron chi connectivity index (χ0n) is 8.46. The van der Waals surface area contributed by atoms with Crippen LogP contribution in [0.15, 0.2) is 24.3 Å². The summed E-state index contributed by atoms with van der Waals surface area (Å²) < 4.78 is -1.65. The Bertz CT molecular complexity index is 411. The van der Waals surface area contributed by atoms with Crippen LogP contribution in [0.3, 0.4) is 0 Å². The summed E-state index contributed by atoms with van der Waals surface area (Å²) in [6, 6.07) is 6.39. The van der Waals surface area contributed by atoms with E-state index >= 15 is 0 Å². The first-order chi connectivity index (χ1) is 7.88. The zero-order valence-corrected chi connectivity index (χ0v) is 11.5. The third-order valence-corrected chi connectivity index (χ3v) is 3.67. The Morgan fingerprint density at radius 2 is 2.00 bits per heavy atom. The van der Waals surface area contributed by atoms with Crippen LogP contribution in [-0.2, 0) is 0 Å². The normalized spacial score (nSPS) is 13.2. The summed E-state index contributed by atoms with van der Waals surface area (Å²) in [4.78, 5) is 11.7.